The van der Waals surface area contributed by atoms with Crippen LogP contribution in [0.4, 0.5) is 0 Å². The molecule has 36 heavy (non-hydrogen) atoms. The van der Waals surface area contributed by atoms with Gasteiger partial charge in [0.15, 0.2) is 5.16 Å². The highest BCUT2D eigenvalue weighted by atomic mass is 32.2. The molecule has 0 radical (unpaired) electrons. The highest BCUT2D eigenvalue weighted by Gasteiger charge is 2.23. The summed E-state index contributed by atoms with van der Waals surface area (Å²) in [5, 5.41) is 6.40. The molecule has 0 bridgehead atoms. The maximum absolute atomic E-state index is 13.7. The number of hydrazone groups is 1. The third kappa shape index (κ3) is 4.25. The van der Waals surface area contributed by atoms with Gasteiger partial charge in [-0.25, -0.2) is 10.4 Å². The van der Waals surface area contributed by atoms with E-state index >= 15 is 0 Å². The van der Waals surface area contributed by atoms with Gasteiger partial charge in [-0.05, 0) is 49.4 Å². The zero-order chi connectivity index (χ0) is 24.5. The number of amides is 1. The standard InChI is InChI=1S/C27H23N5O2S2/c33-23(31-29-15-17-14-28-21-12-6-4-10-19(17)21)16-35-27-30-25-24(20-11-5-7-13-22(20)36-25)26(34)32(27)18-8-2-1-3-9-18/h1-4,6,8-10,12,14-15,28H,5,7,11,13,16H2,(H,31,33)/b29-15-. The minimum absolute atomic E-state index is 0.0640. The Morgan fingerprint density at radius 1 is 1.14 bits per heavy atom. The molecule has 0 spiro atoms. The summed E-state index contributed by atoms with van der Waals surface area (Å²) < 4.78 is 1.64. The summed E-state index contributed by atoms with van der Waals surface area (Å²) in [6.07, 6.45) is 7.65. The molecule has 3 aromatic heterocycles. The summed E-state index contributed by atoms with van der Waals surface area (Å²) in [5.41, 5.74) is 6.33. The largest absolute Gasteiger partial charge is 0.361 e. The van der Waals surface area contributed by atoms with Crippen molar-refractivity contribution in [1.29, 1.82) is 0 Å². The number of hydrogen-bond donors (Lipinski definition) is 2. The van der Waals surface area contributed by atoms with Crippen molar-refractivity contribution < 1.29 is 4.79 Å². The Labute approximate surface area is 215 Å². The summed E-state index contributed by atoms with van der Waals surface area (Å²) in [5.74, 6) is -0.184. The third-order valence-electron chi connectivity index (χ3n) is 6.32. The quantitative estimate of drug-likeness (QED) is 0.144. The number of benzene rings is 2. The Hall–Kier alpha value is -3.69. The van der Waals surface area contributed by atoms with E-state index in [0.29, 0.717) is 5.16 Å². The third-order valence-corrected chi connectivity index (χ3v) is 8.44. The highest BCUT2D eigenvalue weighted by Crippen LogP contribution is 2.35. The molecule has 0 atom stereocenters. The molecule has 1 aliphatic carbocycles. The molecular weight excluding hydrogens is 490 g/mol. The van der Waals surface area contributed by atoms with Gasteiger partial charge in [0, 0.05) is 27.5 Å². The Morgan fingerprint density at radius 2 is 1.94 bits per heavy atom. The first kappa shape index (κ1) is 22.8. The van der Waals surface area contributed by atoms with Crippen molar-refractivity contribution in [3.05, 3.63) is 87.2 Å². The molecule has 2 aromatic carbocycles. The van der Waals surface area contributed by atoms with Gasteiger partial charge in [0.05, 0.1) is 23.0 Å². The van der Waals surface area contributed by atoms with Crippen molar-refractivity contribution in [3.8, 4) is 5.69 Å². The van der Waals surface area contributed by atoms with Crippen molar-refractivity contribution in [1.82, 2.24) is 20.0 Å². The van der Waals surface area contributed by atoms with Crippen LogP contribution in [0, 0.1) is 0 Å². The number of thiophene rings is 1. The fourth-order valence-electron chi connectivity index (χ4n) is 4.62. The van der Waals surface area contributed by atoms with Crippen LogP contribution in [-0.2, 0) is 17.6 Å². The average Bonchev–Trinajstić information content (AvgIpc) is 3.49. The predicted molar refractivity (Wildman–Crippen MR) is 147 cm³/mol. The SMILES string of the molecule is O=C(CSc1nc2sc3c(c2c(=O)n1-c1ccccc1)CCCC3)N/N=C\c1c[nH]c2ccccc12. The van der Waals surface area contributed by atoms with Gasteiger partial charge in [-0.15, -0.1) is 11.3 Å². The van der Waals surface area contributed by atoms with Crippen molar-refractivity contribution >= 4 is 56.3 Å². The number of aryl methyl sites for hydroxylation is 2. The van der Waals surface area contributed by atoms with Crippen molar-refractivity contribution in [3.63, 3.8) is 0 Å². The molecule has 0 saturated heterocycles. The van der Waals surface area contributed by atoms with E-state index in [2.05, 4.69) is 15.5 Å². The molecule has 0 fully saturated rings. The van der Waals surface area contributed by atoms with E-state index in [9.17, 15) is 9.59 Å². The van der Waals surface area contributed by atoms with Crippen LogP contribution in [0.2, 0.25) is 0 Å². The maximum atomic E-state index is 13.7. The number of carbonyl (C=O) groups is 1. The number of para-hydroxylation sites is 2. The number of aromatic amines is 1. The van der Waals surface area contributed by atoms with E-state index in [4.69, 9.17) is 4.98 Å². The second-order valence-electron chi connectivity index (χ2n) is 8.63. The molecule has 2 N–H and O–H groups in total. The zero-order valence-electron chi connectivity index (χ0n) is 19.4. The number of nitrogens with zero attached hydrogens (tertiary/aromatic N) is 3. The first-order valence-corrected chi connectivity index (χ1v) is 13.6. The molecule has 3 heterocycles. The molecular formula is C27H23N5O2S2. The van der Waals surface area contributed by atoms with Crippen LogP contribution in [0.1, 0.15) is 28.8 Å². The number of hydrogen-bond acceptors (Lipinski definition) is 6. The lowest BCUT2D eigenvalue weighted by atomic mass is 9.97. The number of aromatic nitrogens is 3. The Kier molecular flexibility index (Phi) is 6.16. The summed E-state index contributed by atoms with van der Waals surface area (Å²) in [6, 6.07) is 17.4. The number of carbonyl (C=O) groups excluding carboxylic acids is 1. The van der Waals surface area contributed by atoms with Crippen LogP contribution in [-0.4, -0.2) is 32.4 Å². The summed E-state index contributed by atoms with van der Waals surface area (Å²) in [6.45, 7) is 0. The van der Waals surface area contributed by atoms with E-state index in [-0.39, 0.29) is 17.2 Å². The molecule has 5 aromatic rings. The Bertz CT molecular complexity index is 1670. The molecule has 9 heteroatoms. The molecule has 1 amide bonds. The lowest BCUT2D eigenvalue weighted by Gasteiger charge is -2.13. The van der Waals surface area contributed by atoms with Crippen molar-refractivity contribution in [2.75, 3.05) is 5.75 Å². The molecule has 0 saturated carbocycles. The van der Waals surface area contributed by atoms with Crippen LogP contribution in [0.5, 0.6) is 0 Å². The van der Waals surface area contributed by atoms with Crippen LogP contribution in [0.15, 0.2) is 75.8 Å². The molecule has 180 valence electrons. The fraction of sp³-hybridized carbons (Fsp3) is 0.185. The minimum Gasteiger partial charge on any atom is -0.361 e. The van der Waals surface area contributed by atoms with Gasteiger partial charge in [0.25, 0.3) is 11.5 Å². The van der Waals surface area contributed by atoms with E-state index in [1.54, 1.807) is 22.1 Å². The van der Waals surface area contributed by atoms with E-state index < -0.39 is 0 Å². The summed E-state index contributed by atoms with van der Waals surface area (Å²) >= 11 is 2.86. The fourth-order valence-corrected chi connectivity index (χ4v) is 6.73. The topological polar surface area (TPSA) is 92.1 Å². The van der Waals surface area contributed by atoms with Gasteiger partial charge in [-0.1, -0.05) is 48.2 Å². The number of thioether (sulfide) groups is 1. The van der Waals surface area contributed by atoms with Crippen LogP contribution >= 0.6 is 23.1 Å². The van der Waals surface area contributed by atoms with E-state index in [1.165, 1.54) is 16.6 Å². The number of H-pyrrole nitrogens is 1. The Balaban J connectivity index is 1.26. The normalized spacial score (nSPS) is 13.4. The smallest absolute Gasteiger partial charge is 0.267 e. The lowest BCUT2D eigenvalue weighted by Crippen LogP contribution is -2.24. The van der Waals surface area contributed by atoms with Crippen LogP contribution in [0.3, 0.4) is 0 Å². The van der Waals surface area contributed by atoms with Crippen molar-refractivity contribution in [2.24, 2.45) is 5.10 Å². The lowest BCUT2D eigenvalue weighted by molar-refractivity contribution is -0.118. The zero-order valence-corrected chi connectivity index (χ0v) is 21.0. The molecule has 6 rings (SSSR count). The second kappa shape index (κ2) is 9.75. The van der Waals surface area contributed by atoms with Gasteiger partial charge in [-0.3, -0.25) is 14.2 Å². The van der Waals surface area contributed by atoms with Crippen LogP contribution < -0.4 is 11.0 Å². The number of rotatable bonds is 6. The van der Waals surface area contributed by atoms with Gasteiger partial charge < -0.3 is 4.98 Å². The second-order valence-corrected chi connectivity index (χ2v) is 10.7. The first-order chi connectivity index (χ1) is 17.7. The van der Waals surface area contributed by atoms with Crippen molar-refractivity contribution in [2.45, 2.75) is 30.8 Å². The molecule has 1 aliphatic rings. The van der Waals surface area contributed by atoms with Gasteiger partial charge >= 0.3 is 0 Å². The van der Waals surface area contributed by atoms with Gasteiger partial charge in [-0.2, -0.15) is 5.10 Å². The van der Waals surface area contributed by atoms with Gasteiger partial charge in [0.1, 0.15) is 4.83 Å². The number of fused-ring (bicyclic) bond motifs is 4. The first-order valence-electron chi connectivity index (χ1n) is 11.8. The summed E-state index contributed by atoms with van der Waals surface area (Å²) in [4.78, 5) is 36.4. The monoisotopic (exact) mass is 513 g/mol. The highest BCUT2D eigenvalue weighted by molar-refractivity contribution is 7.99. The van der Waals surface area contributed by atoms with Gasteiger partial charge in [0.2, 0.25) is 0 Å². The minimum atomic E-state index is -0.268. The molecule has 0 aliphatic heterocycles. The predicted octanol–water partition coefficient (Wildman–Crippen LogP) is 5.05. The van der Waals surface area contributed by atoms with Crippen LogP contribution in [0.25, 0.3) is 26.8 Å². The average molecular weight is 514 g/mol. The number of nitrogens with one attached hydrogen (secondary N) is 2. The molecule has 0 unspecified atom stereocenters. The van der Waals surface area contributed by atoms with E-state index in [0.717, 1.165) is 63.6 Å². The van der Waals surface area contributed by atoms with E-state index in [1.807, 2.05) is 60.8 Å². The summed E-state index contributed by atoms with van der Waals surface area (Å²) in [7, 11) is 0. The maximum Gasteiger partial charge on any atom is 0.267 e. The molecule has 7 nitrogen and oxygen atoms in total. The Morgan fingerprint density at radius 3 is 2.83 bits per heavy atom.